The van der Waals surface area contributed by atoms with Crippen LogP contribution in [0.2, 0.25) is 0 Å². The van der Waals surface area contributed by atoms with E-state index in [-0.39, 0.29) is 37.8 Å². The van der Waals surface area contributed by atoms with Gasteiger partial charge in [0, 0.05) is 12.5 Å². The largest absolute Gasteiger partial charge is 0.530 e. The van der Waals surface area contributed by atoms with Gasteiger partial charge in [0.25, 0.3) is 0 Å². The lowest BCUT2D eigenvalue weighted by molar-refractivity contribution is -0.268. The summed E-state index contributed by atoms with van der Waals surface area (Å²) in [6, 6.07) is 14.7. The Balaban J connectivity index is 2.17. The Kier molecular flexibility index (Phi) is 15.0. The fraction of sp³-hybridized carbons (Fsp3) is 0.529. The molecular weight excluding hydrogens is 576 g/mol. The number of rotatable bonds is 17. The molecule has 11 nitrogen and oxygen atoms in total. The summed E-state index contributed by atoms with van der Waals surface area (Å²) in [7, 11) is 0. The molecule has 0 fully saturated rings. The van der Waals surface area contributed by atoms with Crippen molar-refractivity contribution in [2.75, 3.05) is 6.61 Å². The number of hydrogen-bond acceptors (Lipinski definition) is 7. The molecule has 0 aromatic heterocycles. The first-order chi connectivity index (χ1) is 21.2. The maximum Gasteiger partial charge on any atom is 0.243 e. The Morgan fingerprint density at radius 1 is 0.733 bits per heavy atom. The van der Waals surface area contributed by atoms with E-state index >= 15 is 0 Å². The number of aliphatic hydroxyl groups excluding tert-OH is 2. The van der Waals surface area contributed by atoms with Gasteiger partial charge >= 0.3 is 0 Å². The van der Waals surface area contributed by atoms with Gasteiger partial charge in [0.1, 0.15) is 18.2 Å². The molecule has 0 bridgehead atoms. The van der Waals surface area contributed by atoms with Crippen LogP contribution in [0.15, 0.2) is 60.7 Å². The topological polar surface area (TPSA) is 171 Å². The Hall–Kier alpha value is -3.96. The summed E-state index contributed by atoms with van der Waals surface area (Å²) in [5.74, 6) is -2.46. The monoisotopic (exact) mass is 625 g/mol. The highest BCUT2D eigenvalue weighted by molar-refractivity contribution is 5.89. The van der Waals surface area contributed by atoms with Crippen molar-refractivity contribution in [2.45, 2.75) is 91.2 Å². The third-order valence-electron chi connectivity index (χ3n) is 7.99. The molecule has 45 heavy (non-hydrogen) atoms. The third-order valence-corrected chi connectivity index (χ3v) is 7.99. The van der Waals surface area contributed by atoms with Gasteiger partial charge in [0.15, 0.2) is 0 Å². The highest BCUT2D eigenvalue weighted by Crippen LogP contribution is 2.17. The summed E-state index contributed by atoms with van der Waals surface area (Å²) in [6.07, 6.45) is -2.50. The highest BCUT2D eigenvalue weighted by atomic mass is 16.4. The molecule has 0 heterocycles. The smallest absolute Gasteiger partial charge is 0.243 e. The van der Waals surface area contributed by atoms with Crippen molar-refractivity contribution in [2.24, 2.45) is 17.8 Å². The van der Waals surface area contributed by atoms with Gasteiger partial charge in [-0.25, -0.2) is 0 Å². The number of carbonyl (C=O) groups is 4. The zero-order valence-electron chi connectivity index (χ0n) is 27.1. The van der Waals surface area contributed by atoms with E-state index in [0.717, 1.165) is 10.5 Å². The lowest BCUT2D eigenvalue weighted by Crippen LogP contribution is -2.56. The number of benzene rings is 2. The molecule has 0 aliphatic heterocycles. The van der Waals surface area contributed by atoms with Gasteiger partial charge in [-0.15, -0.1) is 0 Å². The maximum atomic E-state index is 13.4. The summed E-state index contributed by atoms with van der Waals surface area (Å²) in [4.78, 5) is 52.4. The van der Waals surface area contributed by atoms with E-state index in [1.54, 1.807) is 51.1 Å². The summed E-state index contributed by atoms with van der Waals surface area (Å²) in [5.41, 5.74) is 1.51. The van der Waals surface area contributed by atoms with Crippen LogP contribution in [0.1, 0.15) is 59.1 Å². The highest BCUT2D eigenvalue weighted by Gasteiger charge is 2.32. The lowest BCUT2D eigenvalue weighted by Gasteiger charge is -2.33. The molecule has 2 aromatic carbocycles. The third kappa shape index (κ3) is 11.8. The Labute approximate surface area is 266 Å². The quantitative estimate of drug-likeness (QED) is 0.178. The van der Waals surface area contributed by atoms with Crippen molar-refractivity contribution in [1.82, 2.24) is 20.9 Å². The van der Waals surface area contributed by atoms with Crippen LogP contribution in [0.5, 0.6) is 0 Å². The van der Waals surface area contributed by atoms with E-state index < -0.39 is 60.0 Å². The molecule has 0 aliphatic rings. The second kappa shape index (κ2) is 18.1. The molecule has 6 atom stereocenters. The molecule has 0 unspecified atom stereocenters. The van der Waals surface area contributed by atoms with Crippen molar-refractivity contribution in [3.63, 3.8) is 0 Å². The zero-order valence-corrected chi connectivity index (χ0v) is 27.1. The summed E-state index contributed by atoms with van der Waals surface area (Å²) < 4.78 is 0. The summed E-state index contributed by atoms with van der Waals surface area (Å²) in [6.45, 7) is 10.1. The van der Waals surface area contributed by atoms with E-state index in [0.29, 0.717) is 5.56 Å². The number of hydrogen-bond donors (Lipinski definition) is 5. The van der Waals surface area contributed by atoms with Crippen LogP contribution in [0, 0.1) is 17.8 Å². The van der Waals surface area contributed by atoms with Crippen molar-refractivity contribution >= 4 is 23.8 Å². The normalized spacial score (nSPS) is 15.3. The summed E-state index contributed by atoms with van der Waals surface area (Å²) in [5, 5.41) is 41.3. The molecule has 248 valence electrons. The molecule has 0 aliphatic carbocycles. The number of carbonyl (C=O) groups excluding carboxylic acids is 4. The number of nitrogens with zero attached hydrogens (tertiary/aromatic N) is 1. The average molecular weight is 626 g/mol. The predicted octanol–water partition coefficient (Wildman–Crippen LogP) is 1.61. The second-order valence-electron chi connectivity index (χ2n) is 12.3. The second-order valence-corrected chi connectivity index (χ2v) is 12.3. The lowest BCUT2D eigenvalue weighted by atomic mass is 9.92. The van der Waals surface area contributed by atoms with Crippen molar-refractivity contribution in [1.29, 1.82) is 0 Å². The van der Waals surface area contributed by atoms with Gasteiger partial charge in [0.05, 0.1) is 24.8 Å². The molecule has 0 spiro atoms. The first-order valence-corrected chi connectivity index (χ1v) is 15.5. The van der Waals surface area contributed by atoms with Crippen LogP contribution < -0.4 is 21.1 Å². The van der Waals surface area contributed by atoms with Gasteiger partial charge < -0.3 is 41.0 Å². The van der Waals surface area contributed by atoms with Crippen molar-refractivity contribution in [3.8, 4) is 0 Å². The van der Waals surface area contributed by atoms with Gasteiger partial charge in [-0.2, -0.15) is 0 Å². The molecule has 4 amide bonds. The number of carboxylic acid groups (broad SMARTS) is 1. The Morgan fingerprint density at radius 2 is 1.27 bits per heavy atom. The first kappa shape index (κ1) is 37.2. The standard InChI is InChI=1S/C34H50N4O7/c1-21(2)28(20-39)36-33(43)30(22(3)4)37-31(41)23(5)17-29(40)27(18-25-13-9-7-10-14-25)35-32(42)24(6)38(34(44)45)19-26-15-11-8-12-16-26/h7-16,21-24,27-30,39-40H,17-20H2,1-6H3,(H,35,42)(H,36,43)(H,37,41)(H,44,45)/p-1/t23-,24+,27+,28-,29+,30+/m1/s1. The van der Waals surface area contributed by atoms with Crippen LogP contribution in [-0.2, 0) is 27.3 Å². The minimum absolute atomic E-state index is 0.00630. The molecule has 2 rings (SSSR count). The van der Waals surface area contributed by atoms with E-state index in [4.69, 9.17) is 0 Å². The molecular formula is C34H49N4O7-. The Morgan fingerprint density at radius 3 is 1.76 bits per heavy atom. The number of nitrogens with one attached hydrogen (secondary N) is 3. The minimum atomic E-state index is -1.51. The predicted molar refractivity (Wildman–Crippen MR) is 169 cm³/mol. The zero-order chi connectivity index (χ0) is 33.7. The SMILES string of the molecule is CC(C)[C@H](NC(=O)[C@H](C)C[C@H](O)[C@H](Cc1ccccc1)NC(=O)[C@H](C)N(Cc1ccccc1)C(=O)[O-])C(=O)N[C@H](CO)C(C)C. The average Bonchev–Trinajstić information content (AvgIpc) is 3.00. The number of aliphatic hydroxyl groups is 2. The molecule has 0 saturated carbocycles. The Bertz CT molecular complexity index is 1230. The minimum Gasteiger partial charge on any atom is -0.530 e. The fourth-order valence-corrected chi connectivity index (χ4v) is 4.90. The molecule has 2 aromatic rings. The van der Waals surface area contributed by atoms with Crippen LogP contribution in [-0.4, -0.2) is 75.8 Å². The molecule has 11 heteroatoms. The molecule has 0 saturated heterocycles. The first-order valence-electron chi connectivity index (χ1n) is 15.5. The number of amides is 4. The van der Waals surface area contributed by atoms with Crippen LogP contribution in [0.25, 0.3) is 0 Å². The van der Waals surface area contributed by atoms with Crippen LogP contribution in [0.4, 0.5) is 4.79 Å². The van der Waals surface area contributed by atoms with Crippen LogP contribution in [0.3, 0.4) is 0 Å². The van der Waals surface area contributed by atoms with Gasteiger partial charge in [0.2, 0.25) is 17.7 Å². The maximum absolute atomic E-state index is 13.4. The van der Waals surface area contributed by atoms with E-state index in [1.165, 1.54) is 6.92 Å². The van der Waals surface area contributed by atoms with E-state index in [1.807, 2.05) is 44.2 Å². The fourth-order valence-electron chi connectivity index (χ4n) is 4.90. The summed E-state index contributed by atoms with van der Waals surface area (Å²) >= 11 is 0. The van der Waals surface area contributed by atoms with Crippen LogP contribution >= 0.6 is 0 Å². The molecule has 0 radical (unpaired) electrons. The van der Waals surface area contributed by atoms with E-state index in [2.05, 4.69) is 16.0 Å². The van der Waals surface area contributed by atoms with Crippen molar-refractivity contribution in [3.05, 3.63) is 71.8 Å². The van der Waals surface area contributed by atoms with Crippen molar-refractivity contribution < 1.29 is 34.5 Å². The van der Waals surface area contributed by atoms with Gasteiger partial charge in [-0.3, -0.25) is 14.4 Å². The van der Waals surface area contributed by atoms with E-state index in [9.17, 15) is 34.5 Å². The van der Waals surface area contributed by atoms with Gasteiger partial charge in [-0.05, 0) is 42.7 Å². The van der Waals surface area contributed by atoms with Gasteiger partial charge in [-0.1, -0.05) is 95.3 Å². The molecule has 5 N–H and O–H groups in total.